The molecule has 3 saturated heterocycles. The van der Waals surface area contributed by atoms with E-state index in [1.54, 1.807) is 38.4 Å². The molecule has 0 radical (unpaired) electrons. The Labute approximate surface area is 222 Å². The van der Waals surface area contributed by atoms with Gasteiger partial charge in [-0.25, -0.2) is 0 Å². The Morgan fingerprint density at radius 2 is 1.84 bits per heavy atom. The fourth-order valence-electron chi connectivity index (χ4n) is 6.92. The molecule has 3 heterocycles. The van der Waals surface area contributed by atoms with Gasteiger partial charge in [0.1, 0.15) is 17.4 Å². The molecule has 2 bridgehead atoms. The molecule has 202 valence electrons. The topological polar surface area (TPSA) is 117 Å². The van der Waals surface area contributed by atoms with Gasteiger partial charge >= 0.3 is 0 Å². The molecule has 0 aromatic heterocycles. The molecule has 3 fully saturated rings. The number of fused-ring (bicyclic) bond motifs is 1. The second-order valence-corrected chi connectivity index (χ2v) is 10.4. The highest BCUT2D eigenvalue weighted by Crippen LogP contribution is 2.64. The Kier molecular flexibility index (Phi) is 6.92. The Bertz CT molecular complexity index is 1200. The van der Waals surface area contributed by atoms with Crippen LogP contribution in [0.25, 0.3) is 0 Å². The van der Waals surface area contributed by atoms with Gasteiger partial charge in [0.25, 0.3) is 0 Å². The molecule has 2 aromatic carbocycles. The van der Waals surface area contributed by atoms with E-state index in [-0.39, 0.29) is 18.4 Å². The number of carbonyl (C=O) groups is 3. The van der Waals surface area contributed by atoms with Crippen LogP contribution < -0.4 is 15.4 Å². The maximum Gasteiger partial charge on any atom is 0.250 e. The van der Waals surface area contributed by atoms with E-state index in [9.17, 15) is 19.5 Å². The molecule has 9 heteroatoms. The normalized spacial score (nSPS) is 30.2. The highest BCUT2D eigenvalue weighted by molar-refractivity contribution is 6.04. The number of benzene rings is 2. The Balaban J connectivity index is 1.57. The molecule has 3 amide bonds. The van der Waals surface area contributed by atoms with Gasteiger partial charge in [-0.2, -0.15) is 0 Å². The maximum absolute atomic E-state index is 14.3. The number of likely N-dealkylation sites (tertiary alicyclic amines) is 1. The molecule has 0 saturated carbocycles. The predicted molar refractivity (Wildman–Crippen MR) is 140 cm³/mol. The van der Waals surface area contributed by atoms with Gasteiger partial charge in [-0.15, -0.1) is 0 Å². The van der Waals surface area contributed by atoms with Crippen molar-refractivity contribution in [3.8, 4) is 5.75 Å². The number of nitrogens with one attached hydrogen (secondary N) is 2. The molecule has 2 unspecified atom stereocenters. The summed E-state index contributed by atoms with van der Waals surface area (Å²) in [5.41, 5.74) is -0.488. The van der Waals surface area contributed by atoms with Crippen molar-refractivity contribution < 1.29 is 29.0 Å². The van der Waals surface area contributed by atoms with Gasteiger partial charge < -0.3 is 30.1 Å². The van der Waals surface area contributed by atoms with Crippen LogP contribution in [-0.2, 0) is 25.5 Å². The summed E-state index contributed by atoms with van der Waals surface area (Å²) in [5.74, 6) is -1.85. The van der Waals surface area contributed by atoms with Crippen LogP contribution in [0.2, 0.25) is 0 Å². The second kappa shape index (κ2) is 10.0. The second-order valence-electron chi connectivity index (χ2n) is 10.4. The Morgan fingerprint density at radius 3 is 2.45 bits per heavy atom. The van der Waals surface area contributed by atoms with Crippen molar-refractivity contribution in [1.82, 2.24) is 10.2 Å². The molecule has 38 heavy (non-hydrogen) atoms. The van der Waals surface area contributed by atoms with Crippen LogP contribution in [0.5, 0.6) is 5.75 Å². The van der Waals surface area contributed by atoms with Crippen LogP contribution in [0.15, 0.2) is 54.6 Å². The first-order valence-electron chi connectivity index (χ1n) is 13.2. The number of anilines is 1. The Morgan fingerprint density at radius 1 is 1.13 bits per heavy atom. The van der Waals surface area contributed by atoms with Crippen molar-refractivity contribution in [1.29, 1.82) is 0 Å². The van der Waals surface area contributed by atoms with Gasteiger partial charge in [-0.05, 0) is 55.5 Å². The van der Waals surface area contributed by atoms with Crippen molar-refractivity contribution in [2.45, 2.75) is 55.9 Å². The van der Waals surface area contributed by atoms with E-state index >= 15 is 0 Å². The molecule has 9 nitrogen and oxygen atoms in total. The summed E-state index contributed by atoms with van der Waals surface area (Å²) >= 11 is 0. The summed E-state index contributed by atoms with van der Waals surface area (Å²) in [6, 6.07) is 14.8. The number of carbonyl (C=O) groups excluding carboxylic acids is 3. The van der Waals surface area contributed by atoms with E-state index in [0.29, 0.717) is 37.1 Å². The fourth-order valence-corrected chi connectivity index (χ4v) is 6.92. The van der Waals surface area contributed by atoms with E-state index < -0.39 is 41.0 Å². The quantitative estimate of drug-likeness (QED) is 0.466. The van der Waals surface area contributed by atoms with Crippen LogP contribution in [0.4, 0.5) is 5.69 Å². The lowest BCUT2D eigenvalue weighted by Crippen LogP contribution is -2.57. The van der Waals surface area contributed by atoms with Crippen LogP contribution in [0, 0.1) is 11.8 Å². The monoisotopic (exact) mass is 521 g/mol. The van der Waals surface area contributed by atoms with Crippen LogP contribution in [-0.4, -0.2) is 71.8 Å². The number of amides is 3. The minimum atomic E-state index is -1.16. The molecule has 2 aromatic rings. The minimum Gasteiger partial charge on any atom is -0.497 e. The molecule has 5 rings (SSSR count). The van der Waals surface area contributed by atoms with Gasteiger partial charge in [0.2, 0.25) is 17.7 Å². The lowest BCUT2D eigenvalue weighted by atomic mass is 9.65. The van der Waals surface area contributed by atoms with Gasteiger partial charge in [-0.3, -0.25) is 14.4 Å². The highest BCUT2D eigenvalue weighted by atomic mass is 16.5. The van der Waals surface area contributed by atoms with Gasteiger partial charge in [0.15, 0.2) is 0 Å². The molecular formula is C29H35N3O6. The van der Waals surface area contributed by atoms with Crippen molar-refractivity contribution in [2.75, 3.05) is 26.1 Å². The molecule has 0 aliphatic carbocycles. The molecule has 3 aliphatic rings. The summed E-state index contributed by atoms with van der Waals surface area (Å²) in [4.78, 5) is 43.0. The predicted octanol–water partition coefficient (Wildman–Crippen LogP) is 2.14. The van der Waals surface area contributed by atoms with Gasteiger partial charge in [-0.1, -0.05) is 37.3 Å². The van der Waals surface area contributed by atoms with Crippen molar-refractivity contribution in [3.63, 3.8) is 0 Å². The van der Waals surface area contributed by atoms with Gasteiger partial charge in [0.05, 0.1) is 37.2 Å². The molecular weight excluding hydrogens is 486 g/mol. The fraction of sp³-hybridized carbons (Fsp3) is 0.483. The highest BCUT2D eigenvalue weighted by Gasteiger charge is 2.79. The standard InChI is InChI=1S/C29H35N3O6/c1-4-28-14-15-29(38-28)23(22(28)25(34)30-2)27(36)32(20(17-33)16-18-8-6-5-7-9-18)24(29)26(35)31-19-10-12-21(37-3)13-11-19/h5-13,20,22-24,33H,4,14-17H2,1-3H3,(H,30,34)(H,31,35)/t20-,22-,23+,24?,28+,29?/m1/s1. The summed E-state index contributed by atoms with van der Waals surface area (Å²) in [6.07, 6.45) is 1.97. The summed E-state index contributed by atoms with van der Waals surface area (Å²) in [7, 11) is 3.12. The third kappa shape index (κ3) is 3.96. The van der Waals surface area contributed by atoms with Crippen molar-refractivity contribution in [3.05, 3.63) is 60.2 Å². The van der Waals surface area contributed by atoms with Crippen LogP contribution in [0.3, 0.4) is 0 Å². The summed E-state index contributed by atoms with van der Waals surface area (Å²) in [5, 5.41) is 16.2. The average molecular weight is 522 g/mol. The number of methoxy groups -OCH3 is 1. The number of ether oxygens (including phenoxy) is 2. The van der Waals surface area contributed by atoms with E-state index in [0.717, 1.165) is 5.56 Å². The zero-order chi connectivity index (χ0) is 27.1. The van der Waals surface area contributed by atoms with Gasteiger partial charge in [0, 0.05) is 12.7 Å². The molecule has 3 N–H and O–H groups in total. The number of hydrogen-bond acceptors (Lipinski definition) is 6. The molecule has 6 atom stereocenters. The largest absolute Gasteiger partial charge is 0.497 e. The van der Waals surface area contributed by atoms with E-state index in [1.807, 2.05) is 37.3 Å². The SMILES string of the molecule is CC[C@@]12CCC3(O1)C(C(=O)Nc1ccc(OC)cc1)N([C@@H](CO)Cc1ccccc1)C(=O)[C@@H]3[C@@H]2C(=O)NC. The van der Waals surface area contributed by atoms with Crippen molar-refractivity contribution >= 4 is 23.4 Å². The Hall–Kier alpha value is -3.43. The zero-order valence-electron chi connectivity index (χ0n) is 22.0. The molecule has 3 aliphatic heterocycles. The minimum absolute atomic E-state index is 0.258. The zero-order valence-corrected chi connectivity index (χ0v) is 22.0. The number of nitrogens with zero attached hydrogens (tertiary/aromatic N) is 1. The number of rotatable bonds is 9. The number of aliphatic hydroxyl groups excluding tert-OH is 1. The number of hydrogen-bond donors (Lipinski definition) is 3. The third-order valence-electron chi connectivity index (χ3n) is 8.67. The first kappa shape index (κ1) is 26.2. The van der Waals surface area contributed by atoms with E-state index in [2.05, 4.69) is 10.6 Å². The first-order chi connectivity index (χ1) is 18.3. The smallest absolute Gasteiger partial charge is 0.250 e. The summed E-state index contributed by atoms with van der Waals surface area (Å²) in [6.45, 7) is 1.62. The summed E-state index contributed by atoms with van der Waals surface area (Å²) < 4.78 is 11.9. The number of aliphatic hydroxyl groups is 1. The van der Waals surface area contributed by atoms with Crippen molar-refractivity contribution in [2.24, 2.45) is 11.8 Å². The van der Waals surface area contributed by atoms with E-state index in [4.69, 9.17) is 9.47 Å². The third-order valence-corrected chi connectivity index (χ3v) is 8.67. The first-order valence-corrected chi connectivity index (χ1v) is 13.2. The van der Waals surface area contributed by atoms with Crippen LogP contribution in [0.1, 0.15) is 31.7 Å². The average Bonchev–Trinajstić information content (AvgIpc) is 3.56. The lowest BCUT2D eigenvalue weighted by Gasteiger charge is -2.37. The maximum atomic E-state index is 14.3. The molecule has 1 spiro atoms. The van der Waals surface area contributed by atoms with E-state index in [1.165, 1.54) is 4.90 Å². The van der Waals surface area contributed by atoms with Crippen LogP contribution >= 0.6 is 0 Å². The lowest BCUT2D eigenvalue weighted by molar-refractivity contribution is -0.149.